The van der Waals surface area contributed by atoms with Crippen LogP contribution in [0.25, 0.3) is 0 Å². The smallest absolute Gasteiger partial charge is 0.272 e. The Bertz CT molecular complexity index is 638. The predicted octanol–water partition coefficient (Wildman–Crippen LogP) is 4.01. The normalized spacial score (nSPS) is 10.2. The third kappa shape index (κ3) is 3.24. The second kappa shape index (κ2) is 6.34. The van der Waals surface area contributed by atoms with Crippen LogP contribution in [0.1, 0.15) is 21.5 Å². The van der Waals surface area contributed by atoms with Crippen molar-refractivity contribution in [2.45, 2.75) is 17.6 Å². The van der Waals surface area contributed by atoms with Crippen LogP contribution >= 0.6 is 11.8 Å². The Morgan fingerprint density at radius 2 is 1.90 bits per heavy atom. The summed E-state index contributed by atoms with van der Waals surface area (Å²) in [5.41, 5.74) is 2.44. The molecular formula is C15H13NO3S. The van der Waals surface area contributed by atoms with Gasteiger partial charge in [0.05, 0.1) is 4.92 Å². The summed E-state index contributed by atoms with van der Waals surface area (Å²) in [6.45, 7) is 1.77. The fourth-order valence-corrected chi connectivity index (χ4v) is 2.79. The van der Waals surface area contributed by atoms with Crippen molar-refractivity contribution in [1.29, 1.82) is 0 Å². The van der Waals surface area contributed by atoms with E-state index >= 15 is 0 Å². The fourth-order valence-electron chi connectivity index (χ4n) is 1.83. The minimum atomic E-state index is -0.359. The van der Waals surface area contributed by atoms with Gasteiger partial charge in [0, 0.05) is 27.8 Å². The van der Waals surface area contributed by atoms with Crippen LogP contribution in [0.2, 0.25) is 0 Å². The van der Waals surface area contributed by atoms with E-state index in [1.54, 1.807) is 36.9 Å². The number of carbonyl (C=O) groups excluding carboxylic acids is 1. The van der Waals surface area contributed by atoms with E-state index in [1.165, 1.54) is 6.07 Å². The van der Waals surface area contributed by atoms with Crippen LogP contribution in [0, 0.1) is 17.0 Å². The molecule has 0 fully saturated rings. The van der Waals surface area contributed by atoms with Crippen molar-refractivity contribution in [2.24, 2.45) is 0 Å². The molecule has 4 nitrogen and oxygen atoms in total. The van der Waals surface area contributed by atoms with Crippen molar-refractivity contribution < 1.29 is 9.72 Å². The lowest BCUT2D eigenvalue weighted by Crippen LogP contribution is -1.95. The number of rotatable bonds is 5. The molecule has 0 saturated heterocycles. The van der Waals surface area contributed by atoms with Gasteiger partial charge in [-0.3, -0.25) is 14.9 Å². The van der Waals surface area contributed by atoms with E-state index in [0.29, 0.717) is 16.9 Å². The summed E-state index contributed by atoms with van der Waals surface area (Å²) in [5.74, 6) is 0.661. The highest BCUT2D eigenvalue weighted by Crippen LogP contribution is 2.28. The average Bonchev–Trinajstić information content (AvgIpc) is 2.46. The Labute approximate surface area is 121 Å². The van der Waals surface area contributed by atoms with Gasteiger partial charge in [-0.05, 0) is 24.6 Å². The molecular weight excluding hydrogens is 274 g/mol. The number of nitro groups is 1. The summed E-state index contributed by atoms with van der Waals surface area (Å²) in [4.78, 5) is 22.1. The lowest BCUT2D eigenvalue weighted by atomic mass is 10.1. The number of benzene rings is 2. The van der Waals surface area contributed by atoms with E-state index in [2.05, 4.69) is 0 Å². The Hall–Kier alpha value is -2.14. The van der Waals surface area contributed by atoms with Gasteiger partial charge in [-0.15, -0.1) is 11.8 Å². The molecule has 0 bridgehead atoms. The van der Waals surface area contributed by atoms with Crippen LogP contribution in [0.3, 0.4) is 0 Å². The Balaban J connectivity index is 2.12. The zero-order chi connectivity index (χ0) is 14.5. The van der Waals surface area contributed by atoms with Gasteiger partial charge in [0.1, 0.15) is 6.29 Å². The van der Waals surface area contributed by atoms with Crippen LogP contribution in [-0.4, -0.2) is 11.2 Å². The first-order chi connectivity index (χ1) is 9.61. The largest absolute Gasteiger partial charge is 0.298 e. The van der Waals surface area contributed by atoms with Crippen LogP contribution in [-0.2, 0) is 5.75 Å². The highest BCUT2D eigenvalue weighted by molar-refractivity contribution is 7.98. The van der Waals surface area contributed by atoms with Crippen molar-refractivity contribution in [3.63, 3.8) is 0 Å². The van der Waals surface area contributed by atoms with Crippen molar-refractivity contribution in [2.75, 3.05) is 0 Å². The number of aldehydes is 1. The van der Waals surface area contributed by atoms with E-state index in [-0.39, 0.29) is 10.6 Å². The maximum Gasteiger partial charge on any atom is 0.272 e. The molecule has 0 aliphatic carbocycles. The SMILES string of the molecule is Cc1c(CSc2ccc(C=O)cc2)cccc1[N+](=O)[O-]. The number of nitrogens with zero attached hydrogens (tertiary/aromatic N) is 1. The lowest BCUT2D eigenvalue weighted by molar-refractivity contribution is -0.385. The lowest BCUT2D eigenvalue weighted by Gasteiger charge is -2.06. The molecule has 2 aromatic rings. The van der Waals surface area contributed by atoms with E-state index in [1.807, 2.05) is 18.2 Å². The molecule has 0 aliphatic heterocycles. The van der Waals surface area contributed by atoms with Crippen LogP contribution in [0.15, 0.2) is 47.4 Å². The first-order valence-electron chi connectivity index (χ1n) is 6.02. The van der Waals surface area contributed by atoms with Gasteiger partial charge >= 0.3 is 0 Å². The maximum atomic E-state index is 10.9. The summed E-state index contributed by atoms with van der Waals surface area (Å²) < 4.78 is 0. The van der Waals surface area contributed by atoms with Crippen molar-refractivity contribution >= 4 is 23.7 Å². The standard InChI is InChI=1S/C15H13NO3S/c1-11-13(3-2-4-15(11)16(18)19)10-20-14-7-5-12(9-17)6-8-14/h2-9H,10H2,1H3. The average molecular weight is 287 g/mol. The molecule has 0 heterocycles. The first-order valence-corrected chi connectivity index (χ1v) is 7.01. The Kier molecular flexibility index (Phi) is 4.53. The first kappa shape index (κ1) is 14.3. The molecule has 0 atom stereocenters. The van der Waals surface area contributed by atoms with Gasteiger partial charge in [0.2, 0.25) is 0 Å². The summed E-state index contributed by atoms with van der Waals surface area (Å²) in [6.07, 6.45) is 0.805. The molecule has 102 valence electrons. The number of hydrogen-bond donors (Lipinski definition) is 0. The van der Waals surface area contributed by atoms with Crippen LogP contribution in [0.4, 0.5) is 5.69 Å². The molecule has 0 N–H and O–H groups in total. The molecule has 0 spiro atoms. The minimum absolute atomic E-state index is 0.152. The second-order valence-corrected chi connectivity index (χ2v) is 5.34. The van der Waals surface area contributed by atoms with E-state index < -0.39 is 0 Å². The summed E-state index contributed by atoms with van der Waals surface area (Å²) in [6, 6.07) is 12.4. The van der Waals surface area contributed by atoms with E-state index in [0.717, 1.165) is 16.7 Å². The highest BCUT2D eigenvalue weighted by atomic mass is 32.2. The van der Waals surface area contributed by atoms with Crippen molar-refractivity contribution in [3.05, 3.63) is 69.3 Å². The van der Waals surface area contributed by atoms with Crippen LogP contribution < -0.4 is 0 Å². The molecule has 2 rings (SSSR count). The van der Waals surface area contributed by atoms with Gasteiger partial charge < -0.3 is 0 Å². The van der Waals surface area contributed by atoms with Gasteiger partial charge in [-0.1, -0.05) is 24.3 Å². The quantitative estimate of drug-likeness (QED) is 0.361. The number of nitro benzene ring substituents is 1. The third-order valence-corrected chi connectivity index (χ3v) is 4.09. The summed E-state index contributed by atoms with van der Waals surface area (Å²) >= 11 is 1.59. The topological polar surface area (TPSA) is 60.2 Å². The highest BCUT2D eigenvalue weighted by Gasteiger charge is 2.12. The molecule has 0 unspecified atom stereocenters. The number of hydrogen-bond acceptors (Lipinski definition) is 4. The predicted molar refractivity (Wildman–Crippen MR) is 79.2 cm³/mol. The van der Waals surface area contributed by atoms with Gasteiger partial charge in [-0.2, -0.15) is 0 Å². The molecule has 0 radical (unpaired) electrons. The summed E-state index contributed by atoms with van der Waals surface area (Å²) in [5, 5.41) is 10.9. The van der Waals surface area contributed by atoms with Gasteiger partial charge in [0.15, 0.2) is 0 Å². The van der Waals surface area contributed by atoms with E-state index in [9.17, 15) is 14.9 Å². The molecule has 0 aliphatic rings. The van der Waals surface area contributed by atoms with E-state index in [4.69, 9.17) is 0 Å². The number of carbonyl (C=O) groups is 1. The molecule has 0 amide bonds. The molecule has 20 heavy (non-hydrogen) atoms. The molecule has 0 saturated carbocycles. The Morgan fingerprint density at radius 3 is 2.50 bits per heavy atom. The minimum Gasteiger partial charge on any atom is -0.298 e. The summed E-state index contributed by atoms with van der Waals surface area (Å²) in [7, 11) is 0. The van der Waals surface area contributed by atoms with Crippen molar-refractivity contribution in [1.82, 2.24) is 0 Å². The molecule has 0 aromatic heterocycles. The number of thioether (sulfide) groups is 1. The third-order valence-electron chi connectivity index (χ3n) is 3.02. The van der Waals surface area contributed by atoms with Crippen LogP contribution in [0.5, 0.6) is 0 Å². The zero-order valence-electron chi connectivity index (χ0n) is 10.9. The molecule has 5 heteroatoms. The Morgan fingerprint density at radius 1 is 1.20 bits per heavy atom. The van der Waals surface area contributed by atoms with Gasteiger partial charge in [0.25, 0.3) is 5.69 Å². The maximum absolute atomic E-state index is 10.9. The fraction of sp³-hybridized carbons (Fsp3) is 0.133. The van der Waals surface area contributed by atoms with Gasteiger partial charge in [-0.25, -0.2) is 0 Å². The molecule has 2 aromatic carbocycles. The second-order valence-electron chi connectivity index (χ2n) is 4.29. The van der Waals surface area contributed by atoms with Crippen molar-refractivity contribution in [3.8, 4) is 0 Å². The monoisotopic (exact) mass is 287 g/mol. The zero-order valence-corrected chi connectivity index (χ0v) is 11.7.